The van der Waals surface area contributed by atoms with E-state index in [2.05, 4.69) is 38.2 Å². The van der Waals surface area contributed by atoms with Crippen LogP contribution in [0.4, 0.5) is 0 Å². The summed E-state index contributed by atoms with van der Waals surface area (Å²) in [6, 6.07) is 0.797. The SMILES string of the molecule is C/C=C/CCNC1CCC(C(C)C)CC1. The molecule has 88 valence electrons. The molecule has 1 saturated carbocycles. The maximum atomic E-state index is 3.66. The third-order valence-corrected chi connectivity index (χ3v) is 3.69. The monoisotopic (exact) mass is 209 g/mol. The molecule has 0 bridgehead atoms. The van der Waals surface area contributed by atoms with Crippen molar-refractivity contribution < 1.29 is 0 Å². The first-order chi connectivity index (χ1) is 7.24. The maximum absolute atomic E-state index is 3.66. The van der Waals surface area contributed by atoms with Gasteiger partial charge in [0.1, 0.15) is 0 Å². The zero-order chi connectivity index (χ0) is 11.1. The standard InChI is InChI=1S/C14H27N/c1-4-5-6-11-15-14-9-7-13(8-10-14)12(2)3/h4-5,12-15H,6-11H2,1-3H3/b5-4+. The van der Waals surface area contributed by atoms with Crippen LogP contribution in [0.25, 0.3) is 0 Å². The molecule has 1 rings (SSSR count). The van der Waals surface area contributed by atoms with Crippen LogP contribution in [0.15, 0.2) is 12.2 Å². The van der Waals surface area contributed by atoms with Crippen LogP contribution in [0.1, 0.15) is 52.9 Å². The van der Waals surface area contributed by atoms with Gasteiger partial charge in [0.25, 0.3) is 0 Å². The molecule has 0 aliphatic heterocycles. The molecule has 15 heavy (non-hydrogen) atoms. The van der Waals surface area contributed by atoms with Crippen molar-refractivity contribution in [1.29, 1.82) is 0 Å². The molecule has 0 amide bonds. The van der Waals surface area contributed by atoms with Crippen molar-refractivity contribution in [3.05, 3.63) is 12.2 Å². The van der Waals surface area contributed by atoms with E-state index in [0.717, 1.165) is 24.4 Å². The first-order valence-electron chi connectivity index (χ1n) is 6.58. The van der Waals surface area contributed by atoms with Crippen molar-refractivity contribution in [3.63, 3.8) is 0 Å². The van der Waals surface area contributed by atoms with Crippen molar-refractivity contribution in [2.24, 2.45) is 11.8 Å². The van der Waals surface area contributed by atoms with E-state index in [-0.39, 0.29) is 0 Å². The van der Waals surface area contributed by atoms with Crippen molar-refractivity contribution in [1.82, 2.24) is 5.32 Å². The second-order valence-corrected chi connectivity index (χ2v) is 5.17. The molecule has 0 aromatic heterocycles. The Morgan fingerprint density at radius 1 is 1.20 bits per heavy atom. The molecule has 0 saturated heterocycles. The molecule has 0 radical (unpaired) electrons. The van der Waals surface area contributed by atoms with Crippen LogP contribution in [-0.2, 0) is 0 Å². The lowest BCUT2D eigenvalue weighted by Gasteiger charge is -2.31. The van der Waals surface area contributed by atoms with Gasteiger partial charge in [-0.2, -0.15) is 0 Å². The number of allylic oxidation sites excluding steroid dienone is 1. The molecule has 0 heterocycles. The van der Waals surface area contributed by atoms with E-state index in [0.29, 0.717) is 0 Å². The van der Waals surface area contributed by atoms with Gasteiger partial charge >= 0.3 is 0 Å². The molecule has 1 heteroatoms. The molecule has 0 spiro atoms. The van der Waals surface area contributed by atoms with Crippen LogP contribution in [0, 0.1) is 11.8 Å². The van der Waals surface area contributed by atoms with Gasteiger partial charge in [-0.1, -0.05) is 26.0 Å². The second kappa shape index (κ2) is 7.05. The second-order valence-electron chi connectivity index (χ2n) is 5.17. The van der Waals surface area contributed by atoms with Gasteiger partial charge in [0.15, 0.2) is 0 Å². The summed E-state index contributed by atoms with van der Waals surface area (Å²) in [6.07, 6.45) is 11.2. The highest BCUT2D eigenvalue weighted by Crippen LogP contribution is 2.29. The zero-order valence-corrected chi connectivity index (χ0v) is 10.6. The largest absolute Gasteiger partial charge is 0.314 e. The van der Waals surface area contributed by atoms with Gasteiger partial charge in [-0.15, -0.1) is 0 Å². The van der Waals surface area contributed by atoms with Gasteiger partial charge in [0.05, 0.1) is 0 Å². The molecule has 0 atom stereocenters. The predicted molar refractivity (Wildman–Crippen MR) is 68.0 cm³/mol. The van der Waals surface area contributed by atoms with Crippen LogP contribution in [0.5, 0.6) is 0 Å². The normalized spacial score (nSPS) is 27.7. The fourth-order valence-corrected chi connectivity index (χ4v) is 2.53. The fraction of sp³-hybridized carbons (Fsp3) is 0.857. The van der Waals surface area contributed by atoms with Crippen molar-refractivity contribution in [2.45, 2.75) is 58.9 Å². The first kappa shape index (κ1) is 12.8. The third kappa shape index (κ3) is 4.83. The number of hydrogen-bond acceptors (Lipinski definition) is 1. The molecule has 0 aromatic carbocycles. The quantitative estimate of drug-likeness (QED) is 0.537. The average Bonchev–Trinajstić information content (AvgIpc) is 2.25. The van der Waals surface area contributed by atoms with Crippen molar-refractivity contribution >= 4 is 0 Å². The van der Waals surface area contributed by atoms with Gasteiger partial charge in [-0.3, -0.25) is 0 Å². The van der Waals surface area contributed by atoms with Gasteiger partial charge < -0.3 is 5.32 Å². The summed E-state index contributed by atoms with van der Waals surface area (Å²) in [5.41, 5.74) is 0. The van der Waals surface area contributed by atoms with Gasteiger partial charge in [-0.25, -0.2) is 0 Å². The molecule has 1 aliphatic carbocycles. The van der Waals surface area contributed by atoms with Gasteiger partial charge in [-0.05, 0) is 57.4 Å². The third-order valence-electron chi connectivity index (χ3n) is 3.69. The smallest absolute Gasteiger partial charge is 0.00673 e. The Bertz CT molecular complexity index is 176. The minimum atomic E-state index is 0.797. The van der Waals surface area contributed by atoms with Crippen molar-refractivity contribution in [3.8, 4) is 0 Å². The summed E-state index contributed by atoms with van der Waals surface area (Å²) in [5, 5.41) is 3.66. The summed E-state index contributed by atoms with van der Waals surface area (Å²) >= 11 is 0. The van der Waals surface area contributed by atoms with E-state index in [1.54, 1.807) is 0 Å². The van der Waals surface area contributed by atoms with Gasteiger partial charge in [0.2, 0.25) is 0 Å². The fourth-order valence-electron chi connectivity index (χ4n) is 2.53. The van der Waals surface area contributed by atoms with E-state index in [1.807, 2.05) is 0 Å². The average molecular weight is 209 g/mol. The molecule has 0 unspecified atom stereocenters. The van der Waals surface area contributed by atoms with Crippen molar-refractivity contribution in [2.75, 3.05) is 6.54 Å². The predicted octanol–water partition coefficient (Wildman–Crippen LogP) is 3.76. The minimum absolute atomic E-state index is 0.797. The first-order valence-corrected chi connectivity index (χ1v) is 6.58. The Kier molecular flexibility index (Phi) is 6.00. The lowest BCUT2D eigenvalue weighted by atomic mass is 9.80. The highest BCUT2D eigenvalue weighted by atomic mass is 14.9. The maximum Gasteiger partial charge on any atom is 0.00673 e. The molecule has 1 N–H and O–H groups in total. The summed E-state index contributed by atoms with van der Waals surface area (Å²) in [4.78, 5) is 0. The van der Waals surface area contributed by atoms with Crippen LogP contribution in [0.3, 0.4) is 0 Å². The lowest BCUT2D eigenvalue weighted by Crippen LogP contribution is -2.34. The number of hydrogen-bond donors (Lipinski definition) is 1. The summed E-state index contributed by atoms with van der Waals surface area (Å²) in [6.45, 7) is 7.98. The lowest BCUT2D eigenvalue weighted by molar-refractivity contribution is 0.239. The van der Waals surface area contributed by atoms with E-state index >= 15 is 0 Å². The Morgan fingerprint density at radius 2 is 1.87 bits per heavy atom. The molecule has 1 fully saturated rings. The van der Waals surface area contributed by atoms with E-state index in [9.17, 15) is 0 Å². The molecule has 1 nitrogen and oxygen atoms in total. The number of rotatable bonds is 5. The summed E-state index contributed by atoms with van der Waals surface area (Å²) in [5.74, 6) is 1.87. The Morgan fingerprint density at radius 3 is 2.40 bits per heavy atom. The highest BCUT2D eigenvalue weighted by molar-refractivity contribution is 4.81. The van der Waals surface area contributed by atoms with Gasteiger partial charge in [0, 0.05) is 6.04 Å². The topological polar surface area (TPSA) is 12.0 Å². The Balaban J connectivity index is 2.09. The molecular weight excluding hydrogens is 182 g/mol. The van der Waals surface area contributed by atoms with Crippen LogP contribution < -0.4 is 5.32 Å². The number of nitrogens with one attached hydrogen (secondary N) is 1. The molecule has 1 aliphatic rings. The van der Waals surface area contributed by atoms with E-state index in [4.69, 9.17) is 0 Å². The van der Waals surface area contributed by atoms with Crippen LogP contribution in [0.2, 0.25) is 0 Å². The molecular formula is C14H27N. The van der Waals surface area contributed by atoms with Crippen LogP contribution in [-0.4, -0.2) is 12.6 Å². The summed E-state index contributed by atoms with van der Waals surface area (Å²) in [7, 11) is 0. The van der Waals surface area contributed by atoms with Crippen LogP contribution >= 0.6 is 0 Å². The highest BCUT2D eigenvalue weighted by Gasteiger charge is 2.22. The summed E-state index contributed by atoms with van der Waals surface area (Å²) < 4.78 is 0. The zero-order valence-electron chi connectivity index (χ0n) is 10.6. The minimum Gasteiger partial charge on any atom is -0.314 e. The van der Waals surface area contributed by atoms with E-state index < -0.39 is 0 Å². The Labute approximate surface area is 95.3 Å². The van der Waals surface area contributed by atoms with E-state index in [1.165, 1.54) is 32.1 Å². The Hall–Kier alpha value is -0.300. The molecule has 0 aromatic rings.